The molecule has 0 aliphatic heterocycles. The van der Waals surface area contributed by atoms with E-state index in [1.54, 1.807) is 12.1 Å². The van der Waals surface area contributed by atoms with Crippen molar-refractivity contribution >= 4 is 0 Å². The quantitative estimate of drug-likeness (QED) is 0.204. The molecule has 2 aromatic heterocycles. The zero-order valence-electron chi connectivity index (χ0n) is 23.0. The third-order valence-corrected chi connectivity index (χ3v) is 7.03. The van der Waals surface area contributed by atoms with Gasteiger partial charge in [-0.25, -0.2) is 29.3 Å². The molecule has 0 aliphatic rings. The van der Waals surface area contributed by atoms with Crippen LogP contribution in [-0.2, 0) is 0 Å². The van der Waals surface area contributed by atoms with E-state index < -0.39 is 5.82 Å². The molecule has 0 N–H and O–H groups in total. The molecule has 5 nitrogen and oxygen atoms in total. The van der Waals surface area contributed by atoms with Gasteiger partial charge in [0.05, 0.1) is 17.0 Å². The predicted octanol–water partition coefficient (Wildman–Crippen LogP) is 8.80. The fraction of sp³-hybridized carbons (Fsp3) is 0. The molecule has 0 saturated carbocycles. The van der Waals surface area contributed by atoms with Gasteiger partial charge in [0.15, 0.2) is 23.3 Å². The molecule has 6 heteroatoms. The van der Waals surface area contributed by atoms with Gasteiger partial charge in [-0.15, -0.1) is 0 Å². The van der Waals surface area contributed by atoms with Crippen LogP contribution in [0.25, 0.3) is 68.1 Å². The molecular weight excluding hydrogens is 533 g/mol. The highest BCUT2D eigenvalue weighted by atomic mass is 19.1. The molecule has 0 bridgehead atoms. The Kier molecular flexibility index (Phi) is 6.99. The van der Waals surface area contributed by atoms with Crippen molar-refractivity contribution in [2.24, 2.45) is 0 Å². The molecule has 7 aromatic rings. The Labute approximate surface area is 248 Å². The molecule has 0 saturated heterocycles. The third-order valence-electron chi connectivity index (χ3n) is 7.03. The lowest BCUT2D eigenvalue weighted by molar-refractivity contribution is 0.630. The highest BCUT2D eigenvalue weighted by Crippen LogP contribution is 2.32. The lowest BCUT2D eigenvalue weighted by Crippen LogP contribution is -2.01. The molecule has 7 rings (SSSR count). The van der Waals surface area contributed by atoms with E-state index in [2.05, 4.69) is 0 Å². The summed E-state index contributed by atoms with van der Waals surface area (Å²) in [4.78, 5) is 24.0. The summed E-state index contributed by atoms with van der Waals surface area (Å²) in [6.07, 6.45) is 0. The topological polar surface area (TPSA) is 64.5 Å². The molecule has 0 aliphatic carbocycles. The van der Waals surface area contributed by atoms with Crippen molar-refractivity contribution in [3.05, 3.63) is 151 Å². The molecule has 0 radical (unpaired) electrons. The molecule has 0 unspecified atom stereocenters. The van der Waals surface area contributed by atoms with Gasteiger partial charge in [-0.2, -0.15) is 0 Å². The van der Waals surface area contributed by atoms with Crippen LogP contribution in [0.2, 0.25) is 0 Å². The van der Waals surface area contributed by atoms with E-state index in [0.29, 0.717) is 34.4 Å². The summed E-state index contributed by atoms with van der Waals surface area (Å²) >= 11 is 0. The monoisotopic (exact) mass is 557 g/mol. The number of hydrogen-bond acceptors (Lipinski definition) is 5. The zero-order chi connectivity index (χ0) is 29.0. The van der Waals surface area contributed by atoms with Crippen LogP contribution in [0.5, 0.6) is 0 Å². The van der Waals surface area contributed by atoms with Gasteiger partial charge in [0, 0.05) is 27.8 Å². The smallest absolute Gasteiger partial charge is 0.164 e. The fourth-order valence-electron chi connectivity index (χ4n) is 4.85. The first-order chi connectivity index (χ1) is 21.2. The maximum Gasteiger partial charge on any atom is 0.164 e. The number of nitrogens with zero attached hydrogens (tertiary/aromatic N) is 5. The normalized spacial score (nSPS) is 10.9. The summed E-state index contributed by atoms with van der Waals surface area (Å²) in [6.45, 7) is 0. The molecule has 5 aromatic carbocycles. The van der Waals surface area contributed by atoms with Crippen molar-refractivity contribution in [1.29, 1.82) is 0 Å². The molecule has 2 heterocycles. The van der Waals surface area contributed by atoms with E-state index in [1.165, 1.54) is 6.07 Å². The first-order valence-electron chi connectivity index (χ1n) is 13.9. The number of benzene rings is 5. The van der Waals surface area contributed by atoms with Gasteiger partial charge in [-0.3, -0.25) is 0 Å². The van der Waals surface area contributed by atoms with Gasteiger partial charge in [0.25, 0.3) is 0 Å². The van der Waals surface area contributed by atoms with Crippen LogP contribution >= 0.6 is 0 Å². The Morgan fingerprint density at radius 2 is 0.721 bits per heavy atom. The standard InChI is InChI=1S/C37H24FN5/c38-31-22-21-29(36-42-34(27-17-9-3-10-18-27)41-35(43-36)28-19-11-4-12-20-28)23-30(31)37-39-32(25-13-5-1-6-14-25)24-33(40-37)26-15-7-2-8-16-26/h1-24H. The van der Waals surface area contributed by atoms with Crippen molar-refractivity contribution in [1.82, 2.24) is 24.9 Å². The molecule has 0 atom stereocenters. The minimum Gasteiger partial charge on any atom is -0.228 e. The largest absolute Gasteiger partial charge is 0.228 e. The van der Waals surface area contributed by atoms with Crippen molar-refractivity contribution in [3.63, 3.8) is 0 Å². The lowest BCUT2D eigenvalue weighted by atomic mass is 10.1. The van der Waals surface area contributed by atoms with Gasteiger partial charge < -0.3 is 0 Å². The second-order valence-corrected chi connectivity index (χ2v) is 9.93. The number of hydrogen-bond donors (Lipinski definition) is 0. The number of halogens is 1. The van der Waals surface area contributed by atoms with E-state index in [9.17, 15) is 0 Å². The Morgan fingerprint density at radius 1 is 0.326 bits per heavy atom. The maximum atomic E-state index is 15.6. The summed E-state index contributed by atoms with van der Waals surface area (Å²) in [6, 6.07) is 45.9. The van der Waals surface area contributed by atoms with Gasteiger partial charge >= 0.3 is 0 Å². The predicted molar refractivity (Wildman–Crippen MR) is 168 cm³/mol. The molecule has 43 heavy (non-hydrogen) atoms. The van der Waals surface area contributed by atoms with Crippen LogP contribution in [0.15, 0.2) is 146 Å². The van der Waals surface area contributed by atoms with E-state index in [-0.39, 0.29) is 11.4 Å². The van der Waals surface area contributed by atoms with Crippen molar-refractivity contribution in [2.75, 3.05) is 0 Å². The second-order valence-electron chi connectivity index (χ2n) is 9.93. The third kappa shape index (κ3) is 5.54. The van der Waals surface area contributed by atoms with E-state index in [1.807, 2.05) is 127 Å². The lowest BCUT2D eigenvalue weighted by Gasteiger charge is -2.12. The van der Waals surface area contributed by atoms with Crippen LogP contribution in [-0.4, -0.2) is 24.9 Å². The Bertz CT molecular complexity index is 1900. The van der Waals surface area contributed by atoms with E-state index >= 15 is 4.39 Å². The average Bonchev–Trinajstić information content (AvgIpc) is 3.09. The number of rotatable bonds is 6. The summed E-state index contributed by atoms with van der Waals surface area (Å²) in [5.74, 6) is 1.33. The Morgan fingerprint density at radius 3 is 1.16 bits per heavy atom. The Balaban J connectivity index is 1.40. The summed E-state index contributed by atoms with van der Waals surface area (Å²) < 4.78 is 15.6. The van der Waals surface area contributed by atoms with Crippen LogP contribution in [0, 0.1) is 5.82 Å². The first kappa shape index (κ1) is 26.0. The average molecular weight is 558 g/mol. The zero-order valence-corrected chi connectivity index (χ0v) is 23.0. The molecule has 0 amide bonds. The maximum absolute atomic E-state index is 15.6. The van der Waals surface area contributed by atoms with E-state index in [0.717, 1.165) is 22.3 Å². The molecule has 204 valence electrons. The van der Waals surface area contributed by atoms with Crippen LogP contribution in [0.3, 0.4) is 0 Å². The summed E-state index contributed by atoms with van der Waals surface area (Å²) in [5.41, 5.74) is 5.83. The first-order valence-corrected chi connectivity index (χ1v) is 13.9. The van der Waals surface area contributed by atoms with Crippen LogP contribution in [0.4, 0.5) is 4.39 Å². The minimum absolute atomic E-state index is 0.260. The van der Waals surface area contributed by atoms with Gasteiger partial charge in [-0.1, -0.05) is 121 Å². The summed E-state index contributed by atoms with van der Waals surface area (Å²) in [7, 11) is 0. The fourth-order valence-corrected chi connectivity index (χ4v) is 4.85. The highest BCUT2D eigenvalue weighted by molar-refractivity contribution is 5.74. The van der Waals surface area contributed by atoms with Crippen molar-refractivity contribution < 1.29 is 4.39 Å². The minimum atomic E-state index is -0.436. The Hall–Kier alpha value is -5.88. The molecule has 0 fully saturated rings. The summed E-state index contributed by atoms with van der Waals surface area (Å²) in [5, 5.41) is 0. The molecular formula is C37H24FN5. The molecule has 0 spiro atoms. The van der Waals surface area contributed by atoms with Crippen molar-refractivity contribution in [3.8, 4) is 68.1 Å². The van der Waals surface area contributed by atoms with Gasteiger partial charge in [0.2, 0.25) is 0 Å². The number of aromatic nitrogens is 5. The van der Waals surface area contributed by atoms with Gasteiger partial charge in [-0.05, 0) is 24.3 Å². The van der Waals surface area contributed by atoms with Crippen molar-refractivity contribution in [2.45, 2.75) is 0 Å². The highest BCUT2D eigenvalue weighted by Gasteiger charge is 2.17. The van der Waals surface area contributed by atoms with Crippen LogP contribution in [0.1, 0.15) is 0 Å². The van der Waals surface area contributed by atoms with E-state index in [4.69, 9.17) is 24.9 Å². The van der Waals surface area contributed by atoms with Crippen LogP contribution < -0.4 is 0 Å². The SMILES string of the molecule is Fc1ccc(-c2nc(-c3ccccc3)nc(-c3ccccc3)n2)cc1-c1nc(-c2ccccc2)cc(-c2ccccc2)n1. The second kappa shape index (κ2) is 11.5. The van der Waals surface area contributed by atoms with Gasteiger partial charge in [0.1, 0.15) is 5.82 Å².